The summed E-state index contributed by atoms with van der Waals surface area (Å²) in [7, 11) is 0. The van der Waals surface area contributed by atoms with Crippen LogP contribution in [-0.4, -0.2) is 31.8 Å². The minimum atomic E-state index is -0.482. The average molecular weight is 483 g/mol. The van der Waals surface area contributed by atoms with E-state index in [2.05, 4.69) is 77.8 Å². The fraction of sp³-hybridized carbons (Fsp3) is 0.250. The second-order valence-corrected chi connectivity index (χ2v) is 9.20. The minimum absolute atomic E-state index is 0.482. The molecule has 3 heterocycles. The second kappa shape index (κ2) is 9.55. The van der Waals surface area contributed by atoms with Crippen molar-refractivity contribution in [3.63, 3.8) is 0 Å². The number of H-pyrrole nitrogens is 1. The largest absolute Gasteiger partial charge is 0.278 e. The van der Waals surface area contributed by atoms with Gasteiger partial charge in [-0.2, -0.15) is 5.21 Å². The monoisotopic (exact) mass is 482 g/mol. The molecule has 2 aromatic heterocycles. The molecule has 4 aromatic rings. The molecule has 0 spiro atoms. The van der Waals surface area contributed by atoms with Crippen molar-refractivity contribution in [2.45, 2.75) is 45.6 Å². The molecule has 7 heteroatoms. The number of pyridine rings is 1. The molecular weight excluding hydrogens is 456 g/mol. The second-order valence-electron chi connectivity index (χ2n) is 8.82. The maximum Gasteiger partial charge on any atom is 0.205 e. The smallest absolute Gasteiger partial charge is 0.205 e. The van der Waals surface area contributed by atoms with Gasteiger partial charge in [0, 0.05) is 23.0 Å². The standard InChI is InChI=1S/C28H27ClN6/c1-4-23-25(28(3)14-9-15-30-28)22(26(29)24(5-2)31-23)17-18-12-13-20(19-10-7-6-8-11-19)21(16-18)27-32-34-35-33-27/h6-16H,4-5,17H2,1-3H3,(H,32,33,34,35). The first-order valence-electron chi connectivity index (χ1n) is 11.9. The molecule has 1 N–H and O–H groups in total. The van der Waals surface area contributed by atoms with Crippen molar-refractivity contribution in [2.24, 2.45) is 4.99 Å². The summed E-state index contributed by atoms with van der Waals surface area (Å²) in [5, 5.41) is 15.6. The Morgan fingerprint density at radius 1 is 0.971 bits per heavy atom. The third kappa shape index (κ3) is 4.30. The van der Waals surface area contributed by atoms with Gasteiger partial charge in [0.1, 0.15) is 5.54 Å². The molecule has 0 bridgehead atoms. The van der Waals surface area contributed by atoms with E-state index in [0.29, 0.717) is 12.2 Å². The third-order valence-electron chi connectivity index (χ3n) is 6.54. The van der Waals surface area contributed by atoms with Crippen LogP contribution in [0.15, 0.2) is 65.7 Å². The quantitative estimate of drug-likeness (QED) is 0.342. The Labute approximate surface area is 210 Å². The van der Waals surface area contributed by atoms with E-state index in [-0.39, 0.29) is 0 Å². The van der Waals surface area contributed by atoms with E-state index in [0.717, 1.165) is 62.6 Å². The number of hydrogen-bond donors (Lipinski definition) is 1. The SMILES string of the molecule is CCc1nc(CC)c(C2(C)C=CC=N2)c(Cc2ccc(-c3ccccc3)c(-c3nn[nH]n3)c2)c1Cl. The molecule has 2 aromatic carbocycles. The van der Waals surface area contributed by atoms with E-state index in [1.54, 1.807) is 0 Å². The number of nitrogens with one attached hydrogen (secondary N) is 1. The van der Waals surface area contributed by atoms with Crippen molar-refractivity contribution >= 4 is 17.8 Å². The number of rotatable bonds is 7. The van der Waals surface area contributed by atoms with E-state index < -0.39 is 5.54 Å². The van der Waals surface area contributed by atoms with E-state index in [1.165, 1.54) is 0 Å². The van der Waals surface area contributed by atoms with Crippen LogP contribution in [0.5, 0.6) is 0 Å². The van der Waals surface area contributed by atoms with Crippen molar-refractivity contribution in [1.29, 1.82) is 0 Å². The van der Waals surface area contributed by atoms with E-state index in [1.807, 2.05) is 30.5 Å². The topological polar surface area (TPSA) is 79.7 Å². The molecule has 1 aliphatic rings. The first kappa shape index (κ1) is 23.1. The summed E-state index contributed by atoms with van der Waals surface area (Å²) in [6, 6.07) is 16.7. The Hall–Kier alpha value is -3.64. The highest BCUT2D eigenvalue weighted by Crippen LogP contribution is 2.40. The van der Waals surface area contributed by atoms with Gasteiger partial charge in [-0.25, -0.2) is 0 Å². The summed E-state index contributed by atoms with van der Waals surface area (Å²) in [5.74, 6) is 0.561. The van der Waals surface area contributed by atoms with Crippen molar-refractivity contribution in [2.75, 3.05) is 0 Å². The summed E-state index contributed by atoms with van der Waals surface area (Å²) in [5.41, 5.74) is 7.85. The van der Waals surface area contributed by atoms with E-state index in [4.69, 9.17) is 21.6 Å². The number of tetrazole rings is 1. The van der Waals surface area contributed by atoms with Crippen LogP contribution in [0.25, 0.3) is 22.5 Å². The van der Waals surface area contributed by atoms with Gasteiger partial charge >= 0.3 is 0 Å². The highest BCUT2D eigenvalue weighted by Gasteiger charge is 2.32. The van der Waals surface area contributed by atoms with Gasteiger partial charge in [-0.15, -0.1) is 10.2 Å². The maximum absolute atomic E-state index is 7.02. The lowest BCUT2D eigenvalue weighted by molar-refractivity contribution is 0.622. The fourth-order valence-corrected chi connectivity index (χ4v) is 5.17. The number of aryl methyl sites for hydroxylation is 2. The molecular formula is C28H27ClN6. The number of nitrogens with zero attached hydrogens (tertiary/aromatic N) is 5. The summed E-state index contributed by atoms with van der Waals surface area (Å²) >= 11 is 7.02. The summed E-state index contributed by atoms with van der Waals surface area (Å²) < 4.78 is 0. The molecule has 6 nitrogen and oxygen atoms in total. The summed E-state index contributed by atoms with van der Waals surface area (Å²) in [6.07, 6.45) is 8.21. The Morgan fingerprint density at radius 2 is 1.77 bits per heavy atom. The van der Waals surface area contributed by atoms with Gasteiger partial charge in [0.05, 0.1) is 10.7 Å². The number of halogens is 1. The summed E-state index contributed by atoms with van der Waals surface area (Å²) in [6.45, 7) is 6.35. The average Bonchev–Trinajstić information content (AvgIpc) is 3.58. The van der Waals surface area contributed by atoms with Gasteiger partial charge in [0.15, 0.2) is 0 Å². The van der Waals surface area contributed by atoms with Crippen LogP contribution in [0.1, 0.15) is 48.8 Å². The van der Waals surface area contributed by atoms with Crippen LogP contribution in [-0.2, 0) is 24.8 Å². The van der Waals surface area contributed by atoms with Crippen LogP contribution in [0.4, 0.5) is 0 Å². The van der Waals surface area contributed by atoms with Gasteiger partial charge in [-0.05, 0) is 65.8 Å². The lowest BCUT2D eigenvalue weighted by Gasteiger charge is -2.27. The molecule has 0 saturated carbocycles. The molecule has 5 rings (SSSR count). The minimum Gasteiger partial charge on any atom is -0.278 e. The number of aromatic amines is 1. The maximum atomic E-state index is 7.02. The van der Waals surface area contributed by atoms with Gasteiger partial charge in [0.2, 0.25) is 5.82 Å². The number of allylic oxidation sites excluding steroid dienone is 1. The highest BCUT2D eigenvalue weighted by molar-refractivity contribution is 6.32. The Kier molecular flexibility index (Phi) is 6.31. The molecule has 1 unspecified atom stereocenters. The Morgan fingerprint density at radius 3 is 2.43 bits per heavy atom. The highest BCUT2D eigenvalue weighted by atomic mass is 35.5. The molecule has 1 atom stereocenters. The third-order valence-corrected chi connectivity index (χ3v) is 6.99. The molecule has 0 amide bonds. The van der Waals surface area contributed by atoms with Crippen LogP contribution in [0.3, 0.4) is 0 Å². The van der Waals surface area contributed by atoms with Gasteiger partial charge < -0.3 is 0 Å². The lowest BCUT2D eigenvalue weighted by Crippen LogP contribution is -2.22. The van der Waals surface area contributed by atoms with E-state index >= 15 is 0 Å². The first-order valence-corrected chi connectivity index (χ1v) is 12.3. The number of hydrogen-bond acceptors (Lipinski definition) is 5. The van der Waals surface area contributed by atoms with Crippen molar-refractivity contribution in [3.8, 4) is 22.5 Å². The molecule has 0 saturated heterocycles. The predicted octanol–water partition coefficient (Wildman–Crippen LogP) is 6.15. The normalized spacial score (nSPS) is 16.8. The number of aromatic nitrogens is 5. The van der Waals surface area contributed by atoms with Crippen LogP contribution in [0, 0.1) is 0 Å². The number of aliphatic imine (C=N–C) groups is 1. The Bertz CT molecular complexity index is 1400. The zero-order chi connectivity index (χ0) is 24.4. The van der Waals surface area contributed by atoms with Crippen molar-refractivity contribution in [3.05, 3.63) is 93.8 Å². The first-order chi connectivity index (χ1) is 17.0. The van der Waals surface area contributed by atoms with Crippen LogP contribution < -0.4 is 0 Å². The predicted molar refractivity (Wildman–Crippen MR) is 141 cm³/mol. The Balaban J connectivity index is 1.67. The lowest BCUT2D eigenvalue weighted by atomic mass is 9.84. The van der Waals surface area contributed by atoms with E-state index in [9.17, 15) is 0 Å². The van der Waals surface area contributed by atoms with Gasteiger partial charge in [-0.3, -0.25) is 9.98 Å². The zero-order valence-corrected chi connectivity index (χ0v) is 20.8. The van der Waals surface area contributed by atoms with Crippen molar-refractivity contribution < 1.29 is 0 Å². The van der Waals surface area contributed by atoms with Gasteiger partial charge in [-0.1, -0.05) is 74.0 Å². The van der Waals surface area contributed by atoms with Crippen molar-refractivity contribution in [1.82, 2.24) is 25.6 Å². The van der Waals surface area contributed by atoms with Crippen LogP contribution >= 0.6 is 11.6 Å². The molecule has 0 radical (unpaired) electrons. The number of benzene rings is 2. The van der Waals surface area contributed by atoms with Gasteiger partial charge in [0.25, 0.3) is 0 Å². The molecule has 1 aliphatic heterocycles. The molecule has 0 aliphatic carbocycles. The molecule has 176 valence electrons. The summed E-state index contributed by atoms with van der Waals surface area (Å²) in [4.78, 5) is 9.73. The molecule has 35 heavy (non-hydrogen) atoms. The zero-order valence-electron chi connectivity index (χ0n) is 20.1. The fourth-order valence-electron chi connectivity index (χ4n) is 4.83. The van der Waals surface area contributed by atoms with Crippen LogP contribution in [0.2, 0.25) is 5.02 Å². The molecule has 0 fully saturated rings.